The molecule has 1 aromatic carbocycles. The van der Waals surface area contributed by atoms with E-state index < -0.39 is 24.5 Å². The van der Waals surface area contributed by atoms with Gasteiger partial charge in [-0.2, -0.15) is 0 Å². The molecule has 0 fully saturated rings. The molecule has 1 aromatic heterocycles. The summed E-state index contributed by atoms with van der Waals surface area (Å²) in [5, 5.41) is 2.60. The molecule has 1 amide bonds. The van der Waals surface area contributed by atoms with E-state index in [4.69, 9.17) is 27.9 Å². The number of pyridine rings is 1. The van der Waals surface area contributed by atoms with Crippen molar-refractivity contribution in [3.8, 4) is 0 Å². The number of methoxy groups -OCH3 is 1. The molecule has 2 rings (SSSR count). The molecule has 1 N–H and O–H groups in total. The van der Waals surface area contributed by atoms with Gasteiger partial charge in [0.25, 0.3) is 5.91 Å². The van der Waals surface area contributed by atoms with Crippen molar-refractivity contribution in [1.29, 1.82) is 0 Å². The Labute approximate surface area is 152 Å². The fourth-order valence-corrected chi connectivity index (χ4v) is 2.26. The Morgan fingerprint density at radius 2 is 1.60 bits per heavy atom. The summed E-state index contributed by atoms with van der Waals surface area (Å²) in [4.78, 5) is 38.7. The lowest BCUT2D eigenvalue weighted by atomic mass is 10.2. The van der Waals surface area contributed by atoms with E-state index in [1.54, 1.807) is 0 Å². The molecule has 0 aliphatic heterocycles. The van der Waals surface area contributed by atoms with E-state index in [0.29, 0.717) is 11.3 Å². The molecule has 130 valence electrons. The summed E-state index contributed by atoms with van der Waals surface area (Å²) in [6.07, 6.45) is 0. The molecule has 0 saturated carbocycles. The Morgan fingerprint density at radius 1 is 1.00 bits per heavy atom. The zero-order valence-electron chi connectivity index (χ0n) is 12.9. The fraction of sp³-hybridized carbons (Fsp3) is 0.125. The molecule has 0 aliphatic carbocycles. The van der Waals surface area contributed by atoms with Gasteiger partial charge in [-0.1, -0.05) is 23.2 Å². The van der Waals surface area contributed by atoms with Crippen LogP contribution in [0.3, 0.4) is 0 Å². The van der Waals surface area contributed by atoms with E-state index in [1.807, 2.05) is 0 Å². The SMILES string of the molecule is COC(=O)c1ccc(NC(=O)COC(=O)c2cc(Cl)nc(Cl)c2)cc1. The molecular weight excluding hydrogens is 371 g/mol. The zero-order valence-corrected chi connectivity index (χ0v) is 14.4. The fourth-order valence-electron chi connectivity index (χ4n) is 1.80. The largest absolute Gasteiger partial charge is 0.465 e. The molecule has 9 heteroatoms. The minimum Gasteiger partial charge on any atom is -0.465 e. The molecule has 0 spiro atoms. The van der Waals surface area contributed by atoms with E-state index >= 15 is 0 Å². The molecule has 2 aromatic rings. The average Bonchev–Trinajstić information content (AvgIpc) is 2.58. The van der Waals surface area contributed by atoms with Crippen LogP contribution in [-0.2, 0) is 14.3 Å². The first-order chi connectivity index (χ1) is 11.9. The van der Waals surface area contributed by atoms with Crippen LogP contribution in [0.1, 0.15) is 20.7 Å². The summed E-state index contributed by atoms with van der Waals surface area (Å²) >= 11 is 11.4. The predicted molar refractivity (Wildman–Crippen MR) is 91.0 cm³/mol. The van der Waals surface area contributed by atoms with Crippen molar-refractivity contribution in [2.45, 2.75) is 0 Å². The topological polar surface area (TPSA) is 94.6 Å². The second-order valence-electron chi connectivity index (χ2n) is 4.69. The quantitative estimate of drug-likeness (QED) is 0.630. The first kappa shape index (κ1) is 18.7. The number of rotatable bonds is 5. The summed E-state index contributed by atoms with van der Waals surface area (Å²) in [7, 11) is 1.27. The Bertz CT molecular complexity index is 788. The maximum atomic E-state index is 11.9. The number of benzene rings is 1. The van der Waals surface area contributed by atoms with Crippen molar-refractivity contribution < 1.29 is 23.9 Å². The van der Waals surface area contributed by atoms with Crippen LogP contribution in [-0.4, -0.2) is 36.5 Å². The summed E-state index contributed by atoms with van der Waals surface area (Å²) in [5.74, 6) is -1.80. The van der Waals surface area contributed by atoms with Gasteiger partial charge < -0.3 is 14.8 Å². The second kappa shape index (κ2) is 8.46. The number of ether oxygens (including phenoxy) is 2. The summed E-state index contributed by atoms with van der Waals surface area (Å²) < 4.78 is 9.46. The third kappa shape index (κ3) is 5.44. The van der Waals surface area contributed by atoms with Gasteiger partial charge in [0.05, 0.1) is 18.2 Å². The lowest BCUT2D eigenvalue weighted by Crippen LogP contribution is -2.21. The molecule has 25 heavy (non-hydrogen) atoms. The minimum atomic E-state index is -0.762. The van der Waals surface area contributed by atoms with E-state index in [-0.39, 0.29) is 15.9 Å². The lowest BCUT2D eigenvalue weighted by molar-refractivity contribution is -0.119. The van der Waals surface area contributed by atoms with Gasteiger partial charge >= 0.3 is 11.9 Å². The molecule has 0 aliphatic rings. The molecule has 0 bridgehead atoms. The highest BCUT2D eigenvalue weighted by Crippen LogP contribution is 2.15. The minimum absolute atomic E-state index is 0.0367. The third-order valence-corrected chi connectivity index (χ3v) is 3.31. The van der Waals surface area contributed by atoms with Gasteiger partial charge in [0.1, 0.15) is 10.3 Å². The Morgan fingerprint density at radius 3 is 2.16 bits per heavy atom. The molecule has 0 radical (unpaired) electrons. The monoisotopic (exact) mass is 382 g/mol. The second-order valence-corrected chi connectivity index (χ2v) is 5.47. The standard InChI is InChI=1S/C16H12Cl2N2O5/c1-24-15(22)9-2-4-11(5-3-9)19-14(21)8-25-16(23)10-6-12(17)20-13(18)7-10/h2-7H,8H2,1H3,(H,19,21). The van der Waals surface area contributed by atoms with Gasteiger partial charge in [-0.25, -0.2) is 14.6 Å². The van der Waals surface area contributed by atoms with Gasteiger partial charge in [-0.15, -0.1) is 0 Å². The van der Waals surface area contributed by atoms with Crippen LogP contribution >= 0.6 is 23.2 Å². The Hall–Kier alpha value is -2.64. The van der Waals surface area contributed by atoms with Crippen LogP contribution in [0.25, 0.3) is 0 Å². The van der Waals surface area contributed by atoms with Crippen LogP contribution in [0.5, 0.6) is 0 Å². The average molecular weight is 383 g/mol. The molecule has 0 unspecified atom stereocenters. The van der Waals surface area contributed by atoms with Crippen LogP contribution in [0.4, 0.5) is 5.69 Å². The molecule has 1 heterocycles. The van der Waals surface area contributed by atoms with E-state index in [0.717, 1.165) is 0 Å². The number of hydrogen-bond donors (Lipinski definition) is 1. The number of nitrogens with zero attached hydrogens (tertiary/aromatic N) is 1. The van der Waals surface area contributed by atoms with Crippen molar-refractivity contribution >= 4 is 46.7 Å². The van der Waals surface area contributed by atoms with Gasteiger partial charge in [-0.3, -0.25) is 4.79 Å². The first-order valence-electron chi connectivity index (χ1n) is 6.87. The molecule has 0 atom stereocenters. The highest BCUT2D eigenvalue weighted by molar-refractivity contribution is 6.32. The maximum absolute atomic E-state index is 11.9. The number of nitrogens with one attached hydrogen (secondary N) is 1. The predicted octanol–water partition coefficient (Wildman–Crippen LogP) is 2.97. The summed E-state index contributed by atoms with van der Waals surface area (Å²) in [5.41, 5.74) is 0.863. The normalized spacial score (nSPS) is 10.0. The molecule has 7 nitrogen and oxygen atoms in total. The van der Waals surface area contributed by atoms with Gasteiger partial charge in [0.2, 0.25) is 0 Å². The Balaban J connectivity index is 1.90. The van der Waals surface area contributed by atoms with Crippen molar-refractivity contribution in [2.24, 2.45) is 0 Å². The lowest BCUT2D eigenvalue weighted by Gasteiger charge is -2.07. The van der Waals surface area contributed by atoms with Gasteiger partial charge in [-0.05, 0) is 36.4 Å². The van der Waals surface area contributed by atoms with Crippen molar-refractivity contribution in [2.75, 3.05) is 19.0 Å². The zero-order chi connectivity index (χ0) is 18.4. The van der Waals surface area contributed by atoms with E-state index in [2.05, 4.69) is 15.0 Å². The number of hydrogen-bond acceptors (Lipinski definition) is 6. The number of carbonyl (C=O) groups is 3. The van der Waals surface area contributed by atoms with Crippen LogP contribution < -0.4 is 5.32 Å². The van der Waals surface area contributed by atoms with Crippen LogP contribution in [0.15, 0.2) is 36.4 Å². The maximum Gasteiger partial charge on any atom is 0.338 e. The van der Waals surface area contributed by atoms with Gasteiger partial charge in [0, 0.05) is 5.69 Å². The number of halogens is 2. The smallest absolute Gasteiger partial charge is 0.338 e. The number of esters is 2. The molecule has 0 saturated heterocycles. The van der Waals surface area contributed by atoms with Crippen molar-refractivity contribution in [1.82, 2.24) is 4.98 Å². The highest BCUT2D eigenvalue weighted by Gasteiger charge is 2.13. The highest BCUT2D eigenvalue weighted by atomic mass is 35.5. The van der Waals surface area contributed by atoms with Crippen LogP contribution in [0, 0.1) is 0 Å². The molecular formula is C16H12Cl2N2O5. The summed E-state index contributed by atoms with van der Waals surface area (Å²) in [6.45, 7) is -0.505. The summed E-state index contributed by atoms with van der Waals surface area (Å²) in [6, 6.07) is 8.59. The van der Waals surface area contributed by atoms with Crippen molar-refractivity contribution in [3.63, 3.8) is 0 Å². The number of amides is 1. The first-order valence-corrected chi connectivity index (χ1v) is 7.63. The van der Waals surface area contributed by atoms with Crippen LogP contribution in [0.2, 0.25) is 10.3 Å². The number of anilines is 1. The van der Waals surface area contributed by atoms with E-state index in [1.165, 1.54) is 43.5 Å². The third-order valence-electron chi connectivity index (χ3n) is 2.92. The number of aromatic nitrogens is 1. The van der Waals surface area contributed by atoms with Crippen molar-refractivity contribution in [3.05, 3.63) is 57.8 Å². The van der Waals surface area contributed by atoms with Gasteiger partial charge in [0.15, 0.2) is 6.61 Å². The number of carbonyl (C=O) groups excluding carboxylic acids is 3. The Kier molecular flexibility index (Phi) is 6.32. The van der Waals surface area contributed by atoms with E-state index in [9.17, 15) is 14.4 Å².